The van der Waals surface area contributed by atoms with Crippen LogP contribution in [0.4, 0.5) is 0 Å². The van der Waals surface area contributed by atoms with Gasteiger partial charge in [0.2, 0.25) is 0 Å². The van der Waals surface area contributed by atoms with Gasteiger partial charge in [-0.15, -0.1) is 0 Å². The Kier molecular flexibility index (Phi) is 5.05. The third kappa shape index (κ3) is 3.84. The van der Waals surface area contributed by atoms with Crippen molar-refractivity contribution in [3.05, 3.63) is 35.4 Å². The summed E-state index contributed by atoms with van der Waals surface area (Å²) in [5.41, 5.74) is 2.12. The molecule has 0 amide bonds. The second-order valence-electron chi connectivity index (χ2n) is 3.68. The highest BCUT2D eigenvalue weighted by Crippen LogP contribution is 2.08. The van der Waals surface area contributed by atoms with Crippen LogP contribution in [0, 0.1) is 0 Å². The lowest BCUT2D eigenvalue weighted by atomic mass is 10.0. The molecule has 0 unspecified atom stereocenters. The summed E-state index contributed by atoms with van der Waals surface area (Å²) in [5, 5.41) is 3.04. The predicted octanol–water partition coefficient (Wildman–Crippen LogP) is 2.43. The van der Waals surface area contributed by atoms with Gasteiger partial charge in [-0.1, -0.05) is 31.2 Å². The third-order valence-electron chi connectivity index (χ3n) is 2.51. The highest BCUT2D eigenvalue weighted by Gasteiger charge is 2.04. The summed E-state index contributed by atoms with van der Waals surface area (Å²) in [6.07, 6.45) is 2.56. The van der Waals surface area contributed by atoms with Crippen molar-refractivity contribution < 1.29 is 4.79 Å². The topological polar surface area (TPSA) is 29.1 Å². The van der Waals surface area contributed by atoms with Crippen LogP contribution >= 0.6 is 0 Å². The average Bonchev–Trinajstić information content (AvgIpc) is 2.29. The van der Waals surface area contributed by atoms with Crippen molar-refractivity contribution in [3.8, 4) is 0 Å². The summed E-state index contributed by atoms with van der Waals surface area (Å²) in [6.45, 7) is 3.02. The number of hydrogen-bond acceptors (Lipinski definition) is 2. The van der Waals surface area contributed by atoms with Crippen molar-refractivity contribution >= 4 is 5.78 Å². The highest BCUT2D eigenvalue weighted by atomic mass is 16.1. The maximum atomic E-state index is 11.7. The first-order chi connectivity index (χ1) is 7.27. The molecule has 0 saturated heterocycles. The number of nitrogens with one attached hydrogen (secondary N) is 1. The molecule has 0 spiro atoms. The Morgan fingerprint density at radius 2 is 1.93 bits per heavy atom. The smallest absolute Gasteiger partial charge is 0.162 e. The van der Waals surface area contributed by atoms with Gasteiger partial charge in [-0.25, -0.2) is 0 Å². The van der Waals surface area contributed by atoms with Crippen LogP contribution in [0.2, 0.25) is 0 Å². The number of rotatable bonds is 6. The zero-order valence-electron chi connectivity index (χ0n) is 9.55. The number of hydrogen-bond donors (Lipinski definition) is 1. The first kappa shape index (κ1) is 11.9. The molecule has 2 nitrogen and oxygen atoms in total. The summed E-state index contributed by atoms with van der Waals surface area (Å²) < 4.78 is 0. The Hall–Kier alpha value is -1.15. The lowest BCUT2D eigenvalue weighted by molar-refractivity contribution is 0.0980. The largest absolute Gasteiger partial charge is 0.320 e. The molecular weight excluding hydrogens is 186 g/mol. The molecule has 15 heavy (non-hydrogen) atoms. The molecule has 1 aromatic carbocycles. The van der Waals surface area contributed by atoms with E-state index < -0.39 is 0 Å². The molecular formula is C13H19NO. The van der Waals surface area contributed by atoms with Crippen LogP contribution in [0.25, 0.3) is 0 Å². The van der Waals surface area contributed by atoms with Crippen LogP contribution in [0.15, 0.2) is 24.3 Å². The molecule has 0 radical (unpaired) electrons. The van der Waals surface area contributed by atoms with Crippen molar-refractivity contribution in [1.29, 1.82) is 0 Å². The summed E-state index contributed by atoms with van der Waals surface area (Å²) in [6, 6.07) is 7.93. The van der Waals surface area contributed by atoms with Gasteiger partial charge >= 0.3 is 0 Å². The standard InChI is InChI=1S/C13H19NO/c1-3-11-6-8-12(9-7-11)13(15)5-4-10-14-2/h6-9,14H,3-5,10H2,1-2H3. The minimum absolute atomic E-state index is 0.243. The van der Waals surface area contributed by atoms with Gasteiger partial charge in [0.25, 0.3) is 0 Å². The van der Waals surface area contributed by atoms with Crippen molar-refractivity contribution in [2.45, 2.75) is 26.2 Å². The van der Waals surface area contributed by atoms with Gasteiger partial charge in [-0.05, 0) is 32.0 Å². The number of Topliss-reactive ketones (excluding diaryl/α,β-unsaturated/α-hetero) is 1. The Labute approximate surface area is 91.7 Å². The van der Waals surface area contributed by atoms with E-state index in [-0.39, 0.29) is 5.78 Å². The number of carbonyl (C=O) groups excluding carboxylic acids is 1. The minimum atomic E-state index is 0.243. The molecule has 0 aliphatic carbocycles. The number of aryl methyl sites for hydroxylation is 1. The summed E-state index contributed by atoms with van der Waals surface area (Å²) in [7, 11) is 1.90. The van der Waals surface area contributed by atoms with Crippen molar-refractivity contribution in [1.82, 2.24) is 5.32 Å². The molecule has 0 saturated carbocycles. The van der Waals surface area contributed by atoms with Crippen molar-refractivity contribution in [2.24, 2.45) is 0 Å². The first-order valence-electron chi connectivity index (χ1n) is 5.54. The molecule has 0 bridgehead atoms. The Balaban J connectivity index is 2.50. The minimum Gasteiger partial charge on any atom is -0.320 e. The van der Waals surface area contributed by atoms with Gasteiger partial charge in [0.1, 0.15) is 0 Å². The number of benzene rings is 1. The fourth-order valence-corrected chi connectivity index (χ4v) is 1.50. The first-order valence-corrected chi connectivity index (χ1v) is 5.54. The molecule has 0 fully saturated rings. The van der Waals surface area contributed by atoms with E-state index in [2.05, 4.69) is 12.2 Å². The van der Waals surface area contributed by atoms with Gasteiger partial charge in [0, 0.05) is 12.0 Å². The van der Waals surface area contributed by atoms with Crippen LogP contribution in [0.3, 0.4) is 0 Å². The maximum absolute atomic E-state index is 11.7. The van der Waals surface area contributed by atoms with E-state index in [0.717, 1.165) is 24.9 Å². The van der Waals surface area contributed by atoms with E-state index in [1.54, 1.807) is 0 Å². The van der Waals surface area contributed by atoms with E-state index in [1.807, 2.05) is 31.3 Å². The summed E-state index contributed by atoms with van der Waals surface area (Å²) in [5.74, 6) is 0.243. The van der Waals surface area contributed by atoms with Crippen LogP contribution in [0.5, 0.6) is 0 Å². The van der Waals surface area contributed by atoms with Crippen LogP contribution < -0.4 is 5.32 Å². The zero-order valence-corrected chi connectivity index (χ0v) is 9.55. The second-order valence-corrected chi connectivity index (χ2v) is 3.68. The van der Waals surface area contributed by atoms with Crippen LogP contribution in [-0.2, 0) is 6.42 Å². The van der Waals surface area contributed by atoms with Crippen molar-refractivity contribution in [3.63, 3.8) is 0 Å². The van der Waals surface area contributed by atoms with E-state index in [0.29, 0.717) is 6.42 Å². The monoisotopic (exact) mass is 205 g/mol. The molecule has 0 aromatic heterocycles. The fraction of sp³-hybridized carbons (Fsp3) is 0.462. The lowest BCUT2D eigenvalue weighted by Gasteiger charge is -2.02. The summed E-state index contributed by atoms with van der Waals surface area (Å²) >= 11 is 0. The van der Waals surface area contributed by atoms with Gasteiger partial charge < -0.3 is 5.32 Å². The molecule has 1 N–H and O–H groups in total. The molecule has 2 heteroatoms. The molecule has 0 aliphatic rings. The number of ketones is 1. The van der Waals surface area contributed by atoms with Gasteiger partial charge in [0.05, 0.1) is 0 Å². The Morgan fingerprint density at radius 1 is 1.27 bits per heavy atom. The molecule has 1 rings (SSSR count). The highest BCUT2D eigenvalue weighted by molar-refractivity contribution is 5.96. The SMILES string of the molecule is CCc1ccc(C(=O)CCCNC)cc1. The second kappa shape index (κ2) is 6.36. The summed E-state index contributed by atoms with van der Waals surface area (Å²) in [4.78, 5) is 11.7. The molecule has 1 aromatic rings. The average molecular weight is 205 g/mol. The van der Waals surface area contributed by atoms with E-state index in [4.69, 9.17) is 0 Å². The van der Waals surface area contributed by atoms with E-state index in [1.165, 1.54) is 5.56 Å². The molecule has 0 heterocycles. The van der Waals surface area contributed by atoms with E-state index >= 15 is 0 Å². The fourth-order valence-electron chi connectivity index (χ4n) is 1.50. The number of carbonyl (C=O) groups is 1. The predicted molar refractivity (Wildman–Crippen MR) is 63.3 cm³/mol. The van der Waals surface area contributed by atoms with Gasteiger partial charge in [-0.2, -0.15) is 0 Å². The normalized spacial score (nSPS) is 10.3. The van der Waals surface area contributed by atoms with Gasteiger partial charge in [-0.3, -0.25) is 4.79 Å². The molecule has 0 atom stereocenters. The Morgan fingerprint density at radius 3 is 2.47 bits per heavy atom. The quantitative estimate of drug-likeness (QED) is 0.571. The van der Waals surface area contributed by atoms with Crippen LogP contribution in [0.1, 0.15) is 35.7 Å². The molecule has 82 valence electrons. The van der Waals surface area contributed by atoms with Crippen molar-refractivity contribution in [2.75, 3.05) is 13.6 Å². The Bertz CT molecular complexity index is 303. The molecule has 0 aliphatic heterocycles. The maximum Gasteiger partial charge on any atom is 0.162 e. The van der Waals surface area contributed by atoms with Crippen LogP contribution in [-0.4, -0.2) is 19.4 Å². The third-order valence-corrected chi connectivity index (χ3v) is 2.51. The zero-order chi connectivity index (χ0) is 11.1. The van der Waals surface area contributed by atoms with Gasteiger partial charge in [0.15, 0.2) is 5.78 Å². The lowest BCUT2D eigenvalue weighted by Crippen LogP contribution is -2.10. The van der Waals surface area contributed by atoms with E-state index in [9.17, 15) is 4.79 Å².